The maximum absolute atomic E-state index is 5.60. The van der Waals surface area contributed by atoms with Crippen molar-refractivity contribution in [3.8, 4) is 0 Å². The molecule has 0 saturated heterocycles. The van der Waals surface area contributed by atoms with Crippen molar-refractivity contribution in [2.45, 2.75) is 13.0 Å². The molecule has 0 saturated carbocycles. The van der Waals surface area contributed by atoms with Crippen LogP contribution in [0.5, 0.6) is 0 Å². The summed E-state index contributed by atoms with van der Waals surface area (Å²) >= 11 is 5.60. The lowest BCUT2D eigenvalue weighted by Crippen LogP contribution is -1.89. The van der Waals surface area contributed by atoms with Crippen molar-refractivity contribution in [3.63, 3.8) is 0 Å². The van der Waals surface area contributed by atoms with E-state index < -0.39 is 0 Å². The Labute approximate surface area is 70.9 Å². The topological polar surface area (TPSA) is 25.2 Å². The Balaban J connectivity index is 2.89. The second-order valence-corrected chi connectivity index (χ2v) is 2.66. The second-order valence-electron chi connectivity index (χ2n) is 2.27. The maximum Gasteiger partial charge on any atom is 0.129 e. The summed E-state index contributed by atoms with van der Waals surface area (Å²) < 4.78 is 0. The lowest BCUT2D eigenvalue weighted by atomic mass is 10.2. The summed E-state index contributed by atoms with van der Waals surface area (Å²) in [5.41, 5.74) is 1.03. The van der Waals surface area contributed by atoms with E-state index in [1.807, 2.05) is 13.0 Å². The van der Waals surface area contributed by atoms with E-state index in [1.54, 1.807) is 12.3 Å². The predicted octanol–water partition coefficient (Wildman–Crippen LogP) is 2.50. The monoisotopic (exact) mass is 168 g/mol. The zero-order chi connectivity index (χ0) is 8.27. The summed E-state index contributed by atoms with van der Waals surface area (Å²) in [5, 5.41) is 0.505. The van der Waals surface area contributed by atoms with Crippen LogP contribution in [0.2, 0.25) is 5.15 Å². The summed E-state index contributed by atoms with van der Waals surface area (Å²) in [5.74, 6) is 0. The molecule has 0 spiro atoms. The van der Waals surface area contributed by atoms with Crippen molar-refractivity contribution >= 4 is 18.3 Å². The minimum absolute atomic E-state index is 0.0970. The average molecular weight is 169 g/mol. The van der Waals surface area contributed by atoms with Gasteiger partial charge in [-0.15, -0.1) is 0 Å². The first-order chi connectivity index (χ1) is 5.24. The van der Waals surface area contributed by atoms with Gasteiger partial charge in [-0.2, -0.15) is 0 Å². The minimum Gasteiger partial charge on any atom is -0.293 e. The number of aliphatic imine (C=N–C) groups is 1. The van der Waals surface area contributed by atoms with Gasteiger partial charge in [-0.25, -0.2) is 4.98 Å². The first kappa shape index (κ1) is 8.21. The summed E-state index contributed by atoms with van der Waals surface area (Å²) in [7, 11) is 0. The van der Waals surface area contributed by atoms with E-state index in [0.717, 1.165) is 5.56 Å². The molecule has 1 unspecified atom stereocenters. The van der Waals surface area contributed by atoms with Gasteiger partial charge in [-0.1, -0.05) is 17.7 Å². The van der Waals surface area contributed by atoms with Crippen molar-refractivity contribution in [2.75, 3.05) is 0 Å². The van der Waals surface area contributed by atoms with E-state index >= 15 is 0 Å². The van der Waals surface area contributed by atoms with E-state index in [9.17, 15) is 0 Å². The van der Waals surface area contributed by atoms with E-state index in [-0.39, 0.29) is 6.04 Å². The van der Waals surface area contributed by atoms with Crippen molar-refractivity contribution < 1.29 is 0 Å². The van der Waals surface area contributed by atoms with Gasteiger partial charge in [0.25, 0.3) is 0 Å². The molecule has 0 radical (unpaired) electrons. The molecular formula is C8H9ClN2. The summed E-state index contributed by atoms with van der Waals surface area (Å²) in [6.07, 6.45) is 1.71. The number of hydrogen-bond acceptors (Lipinski definition) is 2. The average Bonchev–Trinajstić information content (AvgIpc) is 2.05. The van der Waals surface area contributed by atoms with Crippen LogP contribution in [0.1, 0.15) is 18.5 Å². The fourth-order valence-corrected chi connectivity index (χ4v) is 0.852. The lowest BCUT2D eigenvalue weighted by molar-refractivity contribution is 0.821. The van der Waals surface area contributed by atoms with Crippen LogP contribution in [0.25, 0.3) is 0 Å². The molecule has 0 aliphatic heterocycles. The SMILES string of the molecule is C=NC(C)c1ccc(Cl)nc1. The highest BCUT2D eigenvalue weighted by Crippen LogP contribution is 2.15. The summed E-state index contributed by atoms with van der Waals surface area (Å²) in [6, 6.07) is 3.74. The summed E-state index contributed by atoms with van der Waals surface area (Å²) in [6.45, 7) is 5.40. The Hall–Kier alpha value is -0.890. The number of nitrogens with zero attached hydrogens (tertiary/aromatic N) is 2. The van der Waals surface area contributed by atoms with Crippen LogP contribution >= 0.6 is 11.6 Å². The van der Waals surface area contributed by atoms with Crippen LogP contribution in [0.15, 0.2) is 23.3 Å². The Morgan fingerprint density at radius 1 is 1.64 bits per heavy atom. The molecule has 0 N–H and O–H groups in total. The van der Waals surface area contributed by atoms with Gasteiger partial charge in [0.05, 0.1) is 6.04 Å². The number of rotatable bonds is 2. The molecule has 0 aliphatic carbocycles. The first-order valence-corrected chi connectivity index (χ1v) is 3.69. The standard InChI is InChI=1S/C8H9ClN2/c1-6(10-2)7-3-4-8(9)11-5-7/h3-6H,2H2,1H3. The maximum atomic E-state index is 5.60. The molecule has 1 rings (SSSR count). The van der Waals surface area contributed by atoms with Crippen molar-refractivity contribution in [3.05, 3.63) is 29.0 Å². The third kappa shape index (κ3) is 2.02. The first-order valence-electron chi connectivity index (χ1n) is 3.31. The third-order valence-corrected chi connectivity index (χ3v) is 1.73. The van der Waals surface area contributed by atoms with E-state index in [1.165, 1.54) is 0 Å². The number of halogens is 1. The van der Waals surface area contributed by atoms with Crippen molar-refractivity contribution in [1.29, 1.82) is 0 Å². The molecule has 0 amide bonds. The molecule has 0 aromatic carbocycles. The van der Waals surface area contributed by atoms with Crippen LogP contribution < -0.4 is 0 Å². The fourth-order valence-electron chi connectivity index (χ4n) is 0.740. The molecule has 1 aromatic rings. The van der Waals surface area contributed by atoms with Crippen molar-refractivity contribution in [2.24, 2.45) is 4.99 Å². The molecule has 0 fully saturated rings. The Morgan fingerprint density at radius 2 is 2.36 bits per heavy atom. The summed E-state index contributed by atoms with van der Waals surface area (Å²) in [4.78, 5) is 7.78. The van der Waals surface area contributed by atoms with Gasteiger partial charge in [0.2, 0.25) is 0 Å². The highest BCUT2D eigenvalue weighted by Gasteiger charge is 2.00. The van der Waals surface area contributed by atoms with E-state index in [2.05, 4.69) is 16.7 Å². The van der Waals surface area contributed by atoms with Gasteiger partial charge in [-0.05, 0) is 25.3 Å². The quantitative estimate of drug-likeness (QED) is 0.492. The van der Waals surface area contributed by atoms with E-state index in [0.29, 0.717) is 5.15 Å². The van der Waals surface area contributed by atoms with Gasteiger partial charge in [-0.3, -0.25) is 4.99 Å². The molecule has 58 valence electrons. The van der Waals surface area contributed by atoms with Crippen LogP contribution in [-0.2, 0) is 0 Å². The molecular weight excluding hydrogens is 160 g/mol. The zero-order valence-electron chi connectivity index (χ0n) is 6.29. The van der Waals surface area contributed by atoms with Crippen molar-refractivity contribution in [1.82, 2.24) is 4.98 Å². The highest BCUT2D eigenvalue weighted by atomic mass is 35.5. The van der Waals surface area contributed by atoms with E-state index in [4.69, 9.17) is 11.6 Å². The molecule has 1 heterocycles. The van der Waals surface area contributed by atoms with Gasteiger partial charge in [0.15, 0.2) is 0 Å². The van der Waals surface area contributed by atoms with Gasteiger partial charge in [0.1, 0.15) is 5.15 Å². The normalized spacial score (nSPS) is 12.5. The lowest BCUT2D eigenvalue weighted by Gasteiger charge is -2.03. The Morgan fingerprint density at radius 3 is 2.82 bits per heavy atom. The molecule has 0 aliphatic rings. The van der Waals surface area contributed by atoms with Crippen LogP contribution in [0, 0.1) is 0 Å². The van der Waals surface area contributed by atoms with Gasteiger partial charge >= 0.3 is 0 Å². The van der Waals surface area contributed by atoms with Gasteiger partial charge in [0, 0.05) is 6.20 Å². The van der Waals surface area contributed by atoms with Gasteiger partial charge < -0.3 is 0 Å². The number of pyridine rings is 1. The molecule has 0 bridgehead atoms. The Kier molecular flexibility index (Phi) is 2.60. The molecule has 1 atom stereocenters. The fraction of sp³-hybridized carbons (Fsp3) is 0.250. The van der Waals surface area contributed by atoms with Crippen LogP contribution in [-0.4, -0.2) is 11.7 Å². The highest BCUT2D eigenvalue weighted by molar-refractivity contribution is 6.29. The predicted molar refractivity (Wildman–Crippen MR) is 47.2 cm³/mol. The number of hydrogen-bond donors (Lipinski definition) is 0. The second kappa shape index (κ2) is 3.49. The minimum atomic E-state index is 0.0970. The Bertz CT molecular complexity index is 243. The molecule has 1 aromatic heterocycles. The van der Waals surface area contributed by atoms with Crippen LogP contribution in [0.3, 0.4) is 0 Å². The smallest absolute Gasteiger partial charge is 0.129 e. The third-order valence-electron chi connectivity index (χ3n) is 1.51. The number of aromatic nitrogens is 1. The molecule has 2 nitrogen and oxygen atoms in total. The van der Waals surface area contributed by atoms with Crippen LogP contribution in [0.4, 0.5) is 0 Å². The zero-order valence-corrected chi connectivity index (χ0v) is 7.04. The molecule has 11 heavy (non-hydrogen) atoms. The molecule has 3 heteroatoms. The largest absolute Gasteiger partial charge is 0.293 e.